The lowest BCUT2D eigenvalue weighted by Crippen LogP contribution is -2.03. The van der Waals surface area contributed by atoms with Crippen molar-refractivity contribution in [3.05, 3.63) is 25.9 Å². The number of aryl methyl sites for hydroxylation is 3. The molecule has 0 aromatic carbocycles. The molecule has 2 rings (SSSR count). The highest BCUT2D eigenvalue weighted by Gasteiger charge is 2.11. The van der Waals surface area contributed by atoms with Gasteiger partial charge in [-0.25, -0.2) is 0 Å². The Morgan fingerprint density at radius 3 is 2.74 bits per heavy atom. The molecule has 0 saturated heterocycles. The Labute approximate surface area is 122 Å². The van der Waals surface area contributed by atoms with Crippen LogP contribution in [0.5, 0.6) is 0 Å². The Kier molecular flexibility index (Phi) is 4.87. The van der Waals surface area contributed by atoms with Crippen LogP contribution >= 0.6 is 23.6 Å². The van der Waals surface area contributed by atoms with Crippen LogP contribution in [0, 0.1) is 17.8 Å². The zero-order valence-electron chi connectivity index (χ0n) is 11.7. The fraction of sp³-hybridized carbons (Fsp3) is 0.615. The van der Waals surface area contributed by atoms with Crippen LogP contribution in [0.25, 0.3) is 0 Å². The van der Waals surface area contributed by atoms with Crippen LogP contribution < -0.4 is 0 Å². The van der Waals surface area contributed by atoms with Gasteiger partial charge in [-0.3, -0.25) is 9.78 Å². The minimum absolute atomic E-state index is 0.752. The standard InChI is InChI=1S/C13H20N4S2/c1-4-5-8-17-10(3)11(9(2)16-17)6-7-12-14-15-13(18)19-12/h4-8H2,1-3H3,(H,15,18). The molecule has 6 heteroatoms. The molecule has 0 amide bonds. The van der Waals surface area contributed by atoms with Gasteiger partial charge in [-0.1, -0.05) is 24.7 Å². The summed E-state index contributed by atoms with van der Waals surface area (Å²) in [5, 5.41) is 12.7. The molecule has 0 aliphatic heterocycles. The molecule has 2 aromatic heterocycles. The second-order valence-corrected chi connectivity index (χ2v) is 6.48. The van der Waals surface area contributed by atoms with E-state index in [2.05, 4.69) is 40.7 Å². The number of nitrogens with zero attached hydrogens (tertiary/aromatic N) is 3. The summed E-state index contributed by atoms with van der Waals surface area (Å²) in [4.78, 5) is 0. The Hall–Kier alpha value is -1.01. The molecular weight excluding hydrogens is 276 g/mol. The van der Waals surface area contributed by atoms with Gasteiger partial charge in [0, 0.05) is 18.7 Å². The Balaban J connectivity index is 2.07. The van der Waals surface area contributed by atoms with Crippen LogP contribution in [-0.2, 0) is 19.4 Å². The predicted molar refractivity (Wildman–Crippen MR) is 81.3 cm³/mol. The maximum Gasteiger partial charge on any atom is 0.176 e. The highest BCUT2D eigenvalue weighted by molar-refractivity contribution is 7.73. The predicted octanol–water partition coefficient (Wildman–Crippen LogP) is 3.60. The fourth-order valence-corrected chi connectivity index (χ4v) is 3.16. The van der Waals surface area contributed by atoms with Gasteiger partial charge in [0.1, 0.15) is 5.01 Å². The third kappa shape index (κ3) is 3.51. The van der Waals surface area contributed by atoms with Crippen molar-refractivity contribution < 1.29 is 0 Å². The summed E-state index contributed by atoms with van der Waals surface area (Å²) in [6.45, 7) is 7.48. The minimum Gasteiger partial charge on any atom is -0.269 e. The maximum atomic E-state index is 5.05. The monoisotopic (exact) mass is 296 g/mol. The van der Waals surface area contributed by atoms with Gasteiger partial charge in [-0.2, -0.15) is 10.2 Å². The molecule has 0 bridgehead atoms. The zero-order valence-corrected chi connectivity index (χ0v) is 13.3. The molecule has 4 nitrogen and oxygen atoms in total. The molecule has 19 heavy (non-hydrogen) atoms. The van der Waals surface area contributed by atoms with Gasteiger partial charge in [0.25, 0.3) is 0 Å². The number of aromatic nitrogens is 4. The smallest absolute Gasteiger partial charge is 0.176 e. The third-order valence-electron chi connectivity index (χ3n) is 3.33. The number of hydrogen-bond donors (Lipinski definition) is 1. The minimum atomic E-state index is 0.752. The normalized spacial score (nSPS) is 11.1. The summed E-state index contributed by atoms with van der Waals surface area (Å²) >= 11 is 6.61. The van der Waals surface area contributed by atoms with Crippen molar-refractivity contribution in [2.24, 2.45) is 0 Å². The van der Waals surface area contributed by atoms with Gasteiger partial charge in [0.15, 0.2) is 3.95 Å². The van der Waals surface area contributed by atoms with Crippen LogP contribution in [0.3, 0.4) is 0 Å². The molecule has 0 aliphatic rings. The Morgan fingerprint density at radius 2 is 2.11 bits per heavy atom. The molecule has 0 aliphatic carbocycles. The van der Waals surface area contributed by atoms with E-state index in [0.29, 0.717) is 0 Å². The van der Waals surface area contributed by atoms with E-state index >= 15 is 0 Å². The van der Waals surface area contributed by atoms with Crippen molar-refractivity contribution in [3.8, 4) is 0 Å². The highest BCUT2D eigenvalue weighted by atomic mass is 32.1. The largest absolute Gasteiger partial charge is 0.269 e. The molecule has 0 saturated carbocycles. The summed E-state index contributed by atoms with van der Waals surface area (Å²) in [5.41, 5.74) is 3.80. The fourth-order valence-electron chi connectivity index (χ4n) is 2.22. The van der Waals surface area contributed by atoms with Gasteiger partial charge < -0.3 is 0 Å². The SMILES string of the molecule is CCCCn1nc(C)c(CCc2n[nH]c(=S)s2)c1C. The molecule has 2 aromatic rings. The van der Waals surface area contributed by atoms with E-state index in [4.69, 9.17) is 12.2 Å². The van der Waals surface area contributed by atoms with E-state index in [0.717, 1.165) is 34.0 Å². The van der Waals surface area contributed by atoms with E-state index in [1.807, 2.05) is 0 Å². The second kappa shape index (κ2) is 6.43. The highest BCUT2D eigenvalue weighted by Crippen LogP contribution is 2.17. The van der Waals surface area contributed by atoms with Crippen molar-refractivity contribution in [3.63, 3.8) is 0 Å². The molecule has 0 fully saturated rings. The van der Waals surface area contributed by atoms with E-state index in [1.54, 1.807) is 11.3 Å². The van der Waals surface area contributed by atoms with Crippen molar-refractivity contribution in [1.29, 1.82) is 0 Å². The van der Waals surface area contributed by atoms with E-state index in [-0.39, 0.29) is 0 Å². The first-order valence-corrected chi connectivity index (χ1v) is 7.91. The van der Waals surface area contributed by atoms with Gasteiger partial charge >= 0.3 is 0 Å². The van der Waals surface area contributed by atoms with E-state index in [9.17, 15) is 0 Å². The number of unbranched alkanes of at least 4 members (excludes halogenated alkanes) is 1. The van der Waals surface area contributed by atoms with Crippen molar-refractivity contribution >= 4 is 23.6 Å². The van der Waals surface area contributed by atoms with Crippen molar-refractivity contribution in [2.45, 2.75) is 53.0 Å². The lowest BCUT2D eigenvalue weighted by Gasteiger charge is -2.04. The molecule has 0 unspecified atom stereocenters. The molecule has 2 heterocycles. The van der Waals surface area contributed by atoms with Gasteiger partial charge in [-0.05, 0) is 44.5 Å². The summed E-state index contributed by atoms with van der Waals surface area (Å²) in [6, 6.07) is 0. The molecule has 0 spiro atoms. The lowest BCUT2D eigenvalue weighted by atomic mass is 10.1. The number of aromatic amines is 1. The first-order chi connectivity index (χ1) is 9.11. The van der Waals surface area contributed by atoms with E-state index < -0.39 is 0 Å². The topological polar surface area (TPSA) is 46.5 Å². The second-order valence-electron chi connectivity index (χ2n) is 4.73. The summed E-state index contributed by atoms with van der Waals surface area (Å²) in [7, 11) is 0. The number of H-pyrrole nitrogens is 1. The van der Waals surface area contributed by atoms with Crippen molar-refractivity contribution in [1.82, 2.24) is 20.0 Å². The molecule has 104 valence electrons. The third-order valence-corrected chi connectivity index (χ3v) is 4.48. The molecule has 1 N–H and O–H groups in total. The lowest BCUT2D eigenvalue weighted by molar-refractivity contribution is 0.555. The van der Waals surface area contributed by atoms with Gasteiger partial charge in [0.05, 0.1) is 5.69 Å². The van der Waals surface area contributed by atoms with Gasteiger partial charge in [0.2, 0.25) is 0 Å². The summed E-state index contributed by atoms with van der Waals surface area (Å²) < 4.78 is 2.89. The van der Waals surface area contributed by atoms with E-state index in [1.165, 1.54) is 24.1 Å². The molecular formula is C13H20N4S2. The van der Waals surface area contributed by atoms with Crippen molar-refractivity contribution in [2.75, 3.05) is 0 Å². The average Bonchev–Trinajstić information content (AvgIpc) is 2.90. The Bertz CT molecular complexity index is 594. The maximum absolute atomic E-state index is 5.05. The van der Waals surface area contributed by atoms with Crippen LogP contribution in [0.1, 0.15) is 41.7 Å². The number of hydrogen-bond acceptors (Lipinski definition) is 4. The zero-order chi connectivity index (χ0) is 13.8. The van der Waals surface area contributed by atoms with Crippen LogP contribution in [0.15, 0.2) is 0 Å². The summed E-state index contributed by atoms with van der Waals surface area (Å²) in [5.74, 6) is 0. The number of nitrogens with one attached hydrogen (secondary N) is 1. The van der Waals surface area contributed by atoms with Crippen LogP contribution in [0.2, 0.25) is 0 Å². The molecule has 0 atom stereocenters. The first kappa shape index (κ1) is 14.4. The van der Waals surface area contributed by atoms with Gasteiger partial charge in [-0.15, -0.1) is 0 Å². The Morgan fingerprint density at radius 1 is 1.32 bits per heavy atom. The summed E-state index contributed by atoms with van der Waals surface area (Å²) in [6.07, 6.45) is 4.30. The first-order valence-electron chi connectivity index (χ1n) is 6.69. The molecule has 0 radical (unpaired) electrons. The quantitative estimate of drug-likeness (QED) is 0.829. The van der Waals surface area contributed by atoms with Crippen LogP contribution in [0.4, 0.5) is 0 Å². The number of rotatable bonds is 6. The average molecular weight is 296 g/mol. The van der Waals surface area contributed by atoms with Crippen LogP contribution in [-0.4, -0.2) is 20.0 Å².